The van der Waals surface area contributed by atoms with E-state index in [1.54, 1.807) is 18.2 Å². The summed E-state index contributed by atoms with van der Waals surface area (Å²) in [7, 11) is 1.44. The number of benzene rings is 1. The van der Waals surface area contributed by atoms with Gasteiger partial charge in [-0.3, -0.25) is 9.59 Å². The van der Waals surface area contributed by atoms with Crippen LogP contribution in [-0.4, -0.2) is 32.0 Å². The van der Waals surface area contributed by atoms with E-state index in [0.29, 0.717) is 23.6 Å². The van der Waals surface area contributed by atoms with Gasteiger partial charge in [-0.1, -0.05) is 0 Å². The number of rotatable bonds is 6. The number of anilines is 1. The van der Waals surface area contributed by atoms with E-state index in [9.17, 15) is 9.59 Å². The lowest BCUT2D eigenvalue weighted by Gasteiger charge is -2.12. The molecule has 0 fully saturated rings. The normalized spacial score (nSPS) is 9.94. The van der Waals surface area contributed by atoms with E-state index >= 15 is 0 Å². The zero-order valence-corrected chi connectivity index (χ0v) is 10.8. The molecule has 1 N–H and O–H groups in total. The topological polar surface area (TPSA) is 64.6 Å². The van der Waals surface area contributed by atoms with Crippen molar-refractivity contribution in [3.8, 4) is 5.75 Å². The van der Waals surface area contributed by atoms with Gasteiger partial charge in [0.1, 0.15) is 12.4 Å². The molecule has 0 aliphatic rings. The zero-order chi connectivity index (χ0) is 13.5. The SMILES string of the molecule is CCOc1ccc(C(C)=O)cc1NC(=O)COC. The van der Waals surface area contributed by atoms with Gasteiger partial charge in [0.05, 0.1) is 12.3 Å². The second kappa shape index (κ2) is 6.76. The number of carbonyl (C=O) groups is 2. The van der Waals surface area contributed by atoms with Crippen LogP contribution in [0.5, 0.6) is 5.75 Å². The molecule has 1 rings (SSSR count). The number of ketones is 1. The molecule has 5 heteroatoms. The summed E-state index contributed by atoms with van der Waals surface area (Å²) in [6.45, 7) is 3.75. The molecule has 0 aliphatic heterocycles. The van der Waals surface area contributed by atoms with Crippen molar-refractivity contribution in [3.63, 3.8) is 0 Å². The molecule has 0 atom stereocenters. The maximum Gasteiger partial charge on any atom is 0.250 e. The molecule has 1 aromatic carbocycles. The first-order valence-electron chi connectivity index (χ1n) is 5.65. The van der Waals surface area contributed by atoms with Gasteiger partial charge in [-0.2, -0.15) is 0 Å². The number of carbonyl (C=O) groups excluding carboxylic acids is 2. The van der Waals surface area contributed by atoms with Crippen LogP contribution in [0.1, 0.15) is 24.2 Å². The van der Waals surface area contributed by atoms with Gasteiger partial charge in [0, 0.05) is 12.7 Å². The summed E-state index contributed by atoms with van der Waals surface area (Å²) in [4.78, 5) is 22.8. The first-order chi connectivity index (χ1) is 8.58. The summed E-state index contributed by atoms with van der Waals surface area (Å²) in [6, 6.07) is 4.93. The fourth-order valence-electron chi connectivity index (χ4n) is 1.45. The predicted octanol–water partition coefficient (Wildman–Crippen LogP) is 1.87. The molecular formula is C13H17NO4. The van der Waals surface area contributed by atoms with E-state index in [1.807, 2.05) is 6.92 Å². The fourth-order valence-corrected chi connectivity index (χ4v) is 1.45. The Morgan fingerprint density at radius 2 is 2.06 bits per heavy atom. The lowest BCUT2D eigenvalue weighted by Crippen LogP contribution is -2.18. The van der Waals surface area contributed by atoms with Gasteiger partial charge < -0.3 is 14.8 Å². The molecular weight excluding hydrogens is 234 g/mol. The van der Waals surface area contributed by atoms with E-state index in [4.69, 9.17) is 9.47 Å². The lowest BCUT2D eigenvalue weighted by molar-refractivity contribution is -0.119. The van der Waals surface area contributed by atoms with Crippen LogP contribution < -0.4 is 10.1 Å². The van der Waals surface area contributed by atoms with Crippen molar-refractivity contribution in [2.24, 2.45) is 0 Å². The van der Waals surface area contributed by atoms with Gasteiger partial charge in [0.25, 0.3) is 0 Å². The third kappa shape index (κ3) is 3.85. The number of amides is 1. The lowest BCUT2D eigenvalue weighted by atomic mass is 10.1. The maximum atomic E-state index is 11.5. The molecule has 0 unspecified atom stereocenters. The molecule has 0 spiro atoms. The van der Waals surface area contributed by atoms with Crippen LogP contribution in [0.2, 0.25) is 0 Å². The summed E-state index contributed by atoms with van der Waals surface area (Å²) < 4.78 is 10.1. The summed E-state index contributed by atoms with van der Waals surface area (Å²) in [5.74, 6) is 0.173. The number of methoxy groups -OCH3 is 1. The highest BCUT2D eigenvalue weighted by Crippen LogP contribution is 2.26. The number of ether oxygens (including phenoxy) is 2. The van der Waals surface area contributed by atoms with Crippen molar-refractivity contribution in [3.05, 3.63) is 23.8 Å². The second-order valence-corrected chi connectivity index (χ2v) is 3.68. The average Bonchev–Trinajstić information content (AvgIpc) is 2.31. The molecule has 0 saturated heterocycles. The first kappa shape index (κ1) is 14.2. The van der Waals surface area contributed by atoms with E-state index < -0.39 is 0 Å². The zero-order valence-electron chi connectivity index (χ0n) is 10.8. The Morgan fingerprint density at radius 1 is 1.33 bits per heavy atom. The molecule has 5 nitrogen and oxygen atoms in total. The quantitative estimate of drug-likeness (QED) is 0.784. The van der Waals surface area contributed by atoms with Crippen molar-refractivity contribution < 1.29 is 19.1 Å². The minimum absolute atomic E-state index is 0.0458. The van der Waals surface area contributed by atoms with Crippen LogP contribution in [-0.2, 0) is 9.53 Å². The molecule has 98 valence electrons. The third-order valence-electron chi connectivity index (χ3n) is 2.24. The Labute approximate surface area is 106 Å². The van der Waals surface area contributed by atoms with E-state index in [1.165, 1.54) is 14.0 Å². The molecule has 0 heterocycles. The van der Waals surface area contributed by atoms with E-state index in [0.717, 1.165) is 0 Å². The fraction of sp³-hybridized carbons (Fsp3) is 0.385. The van der Waals surface area contributed by atoms with Gasteiger partial charge in [0.2, 0.25) is 5.91 Å². The Bertz CT molecular complexity index is 443. The molecule has 1 amide bonds. The van der Waals surface area contributed by atoms with Crippen molar-refractivity contribution in [1.29, 1.82) is 0 Å². The highest BCUT2D eigenvalue weighted by Gasteiger charge is 2.10. The molecule has 0 aliphatic carbocycles. The number of hydrogen-bond acceptors (Lipinski definition) is 4. The molecule has 18 heavy (non-hydrogen) atoms. The molecule has 0 bridgehead atoms. The van der Waals surface area contributed by atoms with E-state index in [2.05, 4.69) is 5.32 Å². The van der Waals surface area contributed by atoms with Crippen LogP contribution in [0.3, 0.4) is 0 Å². The predicted molar refractivity (Wildman–Crippen MR) is 68.1 cm³/mol. The van der Waals surface area contributed by atoms with Crippen molar-refractivity contribution in [2.75, 3.05) is 25.6 Å². The third-order valence-corrected chi connectivity index (χ3v) is 2.24. The minimum atomic E-state index is -0.292. The van der Waals surface area contributed by atoms with E-state index in [-0.39, 0.29) is 18.3 Å². The van der Waals surface area contributed by atoms with Crippen LogP contribution in [0.15, 0.2) is 18.2 Å². The largest absolute Gasteiger partial charge is 0.492 e. The number of Topliss-reactive ketones (excluding diaryl/α,β-unsaturated/α-hetero) is 1. The molecule has 0 radical (unpaired) electrons. The Hall–Kier alpha value is -1.88. The smallest absolute Gasteiger partial charge is 0.250 e. The van der Waals surface area contributed by atoms with Gasteiger partial charge in [0.15, 0.2) is 5.78 Å². The summed E-state index contributed by atoms with van der Waals surface area (Å²) >= 11 is 0. The van der Waals surface area contributed by atoms with Crippen LogP contribution in [0, 0.1) is 0 Å². The highest BCUT2D eigenvalue weighted by molar-refractivity contribution is 5.98. The average molecular weight is 251 g/mol. The van der Waals surface area contributed by atoms with Crippen LogP contribution in [0.4, 0.5) is 5.69 Å². The molecule has 0 aromatic heterocycles. The summed E-state index contributed by atoms with van der Waals surface area (Å²) in [5, 5.41) is 2.65. The number of nitrogens with one attached hydrogen (secondary N) is 1. The first-order valence-corrected chi connectivity index (χ1v) is 5.65. The number of hydrogen-bond donors (Lipinski definition) is 1. The van der Waals surface area contributed by atoms with Gasteiger partial charge in [-0.25, -0.2) is 0 Å². The summed E-state index contributed by atoms with van der Waals surface area (Å²) in [6.07, 6.45) is 0. The highest BCUT2D eigenvalue weighted by atomic mass is 16.5. The van der Waals surface area contributed by atoms with Gasteiger partial charge >= 0.3 is 0 Å². The second-order valence-electron chi connectivity index (χ2n) is 3.68. The molecule has 0 saturated carbocycles. The Kier molecular flexibility index (Phi) is 5.32. The monoisotopic (exact) mass is 251 g/mol. The van der Waals surface area contributed by atoms with Crippen molar-refractivity contribution in [1.82, 2.24) is 0 Å². The standard InChI is InChI=1S/C13H17NO4/c1-4-18-12-6-5-10(9(2)15)7-11(12)14-13(16)8-17-3/h5-7H,4,8H2,1-3H3,(H,14,16). The minimum Gasteiger partial charge on any atom is -0.492 e. The molecule has 1 aromatic rings. The van der Waals surface area contributed by atoms with Gasteiger partial charge in [-0.15, -0.1) is 0 Å². The van der Waals surface area contributed by atoms with Crippen LogP contribution in [0.25, 0.3) is 0 Å². The van der Waals surface area contributed by atoms with Crippen LogP contribution >= 0.6 is 0 Å². The maximum absolute atomic E-state index is 11.5. The van der Waals surface area contributed by atoms with Crippen molar-refractivity contribution in [2.45, 2.75) is 13.8 Å². The van der Waals surface area contributed by atoms with Gasteiger partial charge in [-0.05, 0) is 32.0 Å². The van der Waals surface area contributed by atoms with Crippen molar-refractivity contribution >= 4 is 17.4 Å². The summed E-state index contributed by atoms with van der Waals surface area (Å²) in [5.41, 5.74) is 0.998. The Balaban J connectivity index is 2.99. The Morgan fingerprint density at radius 3 is 2.61 bits per heavy atom.